The molecule has 2 nitrogen and oxygen atoms in total. The van der Waals surface area contributed by atoms with Crippen molar-refractivity contribution in [2.75, 3.05) is 0 Å². The van der Waals surface area contributed by atoms with Gasteiger partial charge in [-0.1, -0.05) is 6.07 Å². The molecule has 90 valence electrons. The highest BCUT2D eigenvalue weighted by Crippen LogP contribution is 2.28. The van der Waals surface area contributed by atoms with Crippen molar-refractivity contribution in [2.24, 2.45) is 0 Å². The minimum absolute atomic E-state index is 0.393. The molecule has 0 saturated carbocycles. The second kappa shape index (κ2) is 4.46. The van der Waals surface area contributed by atoms with Crippen LogP contribution in [-0.4, -0.2) is 15.8 Å². The molecule has 0 fully saturated rings. The molecule has 0 amide bonds. The summed E-state index contributed by atoms with van der Waals surface area (Å²) in [6.45, 7) is 9.51. The first-order valence-electron chi connectivity index (χ1n) is 5.73. The molecule has 0 heterocycles. The van der Waals surface area contributed by atoms with Gasteiger partial charge in [0.25, 0.3) is 0 Å². The Hall–Kier alpha value is -1.02. The van der Waals surface area contributed by atoms with Crippen LogP contribution >= 0.6 is 0 Å². The zero-order chi connectivity index (χ0) is 12.5. The van der Waals surface area contributed by atoms with Crippen LogP contribution in [0.1, 0.15) is 42.5 Å². The largest absolute Gasteiger partial charge is 0.507 e. The van der Waals surface area contributed by atoms with Gasteiger partial charge in [0.2, 0.25) is 0 Å². The van der Waals surface area contributed by atoms with Crippen LogP contribution in [0.5, 0.6) is 5.75 Å². The van der Waals surface area contributed by atoms with E-state index in [1.807, 2.05) is 40.7 Å². The minimum Gasteiger partial charge on any atom is -0.507 e. The normalized spacial score (nSPS) is 11.9. The number of hydrogen-bond donors (Lipinski definition) is 2. The lowest BCUT2D eigenvalue weighted by atomic mass is 9.92. The highest BCUT2D eigenvalue weighted by molar-refractivity contribution is 5.48. The number of aromatic hydroxyl groups is 1. The minimum atomic E-state index is -0.633. The Morgan fingerprint density at radius 2 is 1.69 bits per heavy atom. The number of phenols is 1. The van der Waals surface area contributed by atoms with Gasteiger partial charge in [0, 0.05) is 0 Å². The first-order chi connectivity index (χ1) is 7.22. The molecule has 0 saturated heterocycles. The lowest BCUT2D eigenvalue weighted by molar-refractivity contribution is 0.0713. The molecular formula is C14H22O2. The first-order valence-corrected chi connectivity index (χ1v) is 5.73. The summed E-state index contributed by atoms with van der Waals surface area (Å²) in [4.78, 5) is 0. The van der Waals surface area contributed by atoms with Crippen molar-refractivity contribution in [1.29, 1.82) is 0 Å². The summed E-state index contributed by atoms with van der Waals surface area (Å²) in [7, 11) is 0. The van der Waals surface area contributed by atoms with E-state index in [-0.39, 0.29) is 0 Å². The summed E-state index contributed by atoms with van der Waals surface area (Å²) >= 11 is 0. The monoisotopic (exact) mass is 222 g/mol. The standard InChI is InChI=1S/C14H22O2/c1-9-8-12(6-7-14(4,5)16)10(2)11(3)13(9)15/h8,15-16H,6-7H2,1-5H3. The summed E-state index contributed by atoms with van der Waals surface area (Å²) in [6.07, 6.45) is 1.58. The van der Waals surface area contributed by atoms with Gasteiger partial charge < -0.3 is 10.2 Å². The number of rotatable bonds is 3. The van der Waals surface area contributed by atoms with Gasteiger partial charge in [0.1, 0.15) is 5.75 Å². The molecule has 0 aliphatic rings. The number of benzene rings is 1. The molecule has 0 radical (unpaired) electrons. The lowest BCUT2D eigenvalue weighted by Gasteiger charge is -2.19. The van der Waals surface area contributed by atoms with E-state index in [0.717, 1.165) is 29.5 Å². The van der Waals surface area contributed by atoms with Crippen LogP contribution in [-0.2, 0) is 6.42 Å². The number of hydrogen-bond acceptors (Lipinski definition) is 2. The van der Waals surface area contributed by atoms with E-state index in [1.165, 1.54) is 5.56 Å². The maximum Gasteiger partial charge on any atom is 0.121 e. The Labute approximate surface area is 97.9 Å². The van der Waals surface area contributed by atoms with Crippen molar-refractivity contribution in [1.82, 2.24) is 0 Å². The summed E-state index contributed by atoms with van der Waals surface area (Å²) in [6, 6.07) is 2.02. The molecule has 2 N–H and O–H groups in total. The van der Waals surface area contributed by atoms with Crippen LogP contribution in [0.2, 0.25) is 0 Å². The SMILES string of the molecule is Cc1cc(CCC(C)(C)O)c(C)c(C)c1O. The molecule has 0 aromatic heterocycles. The van der Waals surface area contributed by atoms with Crippen molar-refractivity contribution in [2.45, 2.75) is 53.1 Å². The Morgan fingerprint density at radius 3 is 2.19 bits per heavy atom. The summed E-state index contributed by atoms with van der Waals surface area (Å²) in [5, 5.41) is 19.5. The quantitative estimate of drug-likeness (QED) is 0.825. The van der Waals surface area contributed by atoms with Crippen LogP contribution in [0.25, 0.3) is 0 Å². The van der Waals surface area contributed by atoms with Gasteiger partial charge in [-0.05, 0) is 69.7 Å². The predicted molar refractivity (Wildman–Crippen MR) is 66.9 cm³/mol. The number of aliphatic hydroxyl groups is 1. The van der Waals surface area contributed by atoms with E-state index >= 15 is 0 Å². The fraction of sp³-hybridized carbons (Fsp3) is 0.571. The molecule has 0 spiro atoms. The van der Waals surface area contributed by atoms with E-state index in [0.29, 0.717) is 5.75 Å². The summed E-state index contributed by atoms with van der Waals surface area (Å²) in [5.41, 5.74) is 3.58. The van der Waals surface area contributed by atoms with Gasteiger partial charge in [0.15, 0.2) is 0 Å². The zero-order valence-corrected chi connectivity index (χ0v) is 10.9. The van der Waals surface area contributed by atoms with Crippen molar-refractivity contribution < 1.29 is 10.2 Å². The molecule has 2 heteroatoms. The zero-order valence-electron chi connectivity index (χ0n) is 10.9. The maximum atomic E-state index is 9.79. The third-order valence-electron chi connectivity index (χ3n) is 3.17. The average molecular weight is 222 g/mol. The summed E-state index contributed by atoms with van der Waals surface area (Å²) < 4.78 is 0. The maximum absolute atomic E-state index is 9.79. The molecule has 1 aromatic carbocycles. The van der Waals surface area contributed by atoms with Crippen LogP contribution in [0.4, 0.5) is 0 Å². The van der Waals surface area contributed by atoms with Gasteiger partial charge in [-0.25, -0.2) is 0 Å². The van der Waals surface area contributed by atoms with Gasteiger partial charge >= 0.3 is 0 Å². The van der Waals surface area contributed by atoms with Crippen LogP contribution in [0.3, 0.4) is 0 Å². The Balaban J connectivity index is 2.98. The topological polar surface area (TPSA) is 40.5 Å². The fourth-order valence-electron chi connectivity index (χ4n) is 1.85. The Kier molecular flexibility index (Phi) is 3.64. The lowest BCUT2D eigenvalue weighted by Crippen LogP contribution is -2.19. The van der Waals surface area contributed by atoms with Crippen molar-refractivity contribution in [3.05, 3.63) is 28.3 Å². The first kappa shape index (κ1) is 13.0. The van der Waals surface area contributed by atoms with E-state index in [4.69, 9.17) is 0 Å². The molecule has 1 aromatic rings. The van der Waals surface area contributed by atoms with Gasteiger partial charge in [0.05, 0.1) is 5.60 Å². The predicted octanol–water partition coefficient (Wildman–Crippen LogP) is 3.02. The van der Waals surface area contributed by atoms with Gasteiger partial charge in [-0.15, -0.1) is 0 Å². The molecule has 1 rings (SSSR count). The molecule has 0 aliphatic heterocycles. The van der Waals surface area contributed by atoms with Crippen molar-refractivity contribution >= 4 is 0 Å². The van der Waals surface area contributed by atoms with Crippen LogP contribution in [0.15, 0.2) is 6.07 Å². The molecule has 16 heavy (non-hydrogen) atoms. The van der Waals surface area contributed by atoms with E-state index in [9.17, 15) is 10.2 Å². The smallest absolute Gasteiger partial charge is 0.121 e. The van der Waals surface area contributed by atoms with Gasteiger partial charge in [-0.3, -0.25) is 0 Å². The molecular weight excluding hydrogens is 200 g/mol. The Morgan fingerprint density at radius 1 is 1.12 bits per heavy atom. The van der Waals surface area contributed by atoms with E-state index in [2.05, 4.69) is 0 Å². The van der Waals surface area contributed by atoms with E-state index in [1.54, 1.807) is 0 Å². The number of aryl methyl sites for hydroxylation is 2. The van der Waals surface area contributed by atoms with Crippen molar-refractivity contribution in [3.63, 3.8) is 0 Å². The Bertz CT molecular complexity index is 387. The van der Waals surface area contributed by atoms with E-state index < -0.39 is 5.60 Å². The number of phenolic OH excluding ortho intramolecular Hbond substituents is 1. The second-order valence-corrected chi connectivity index (χ2v) is 5.26. The van der Waals surface area contributed by atoms with Crippen LogP contribution in [0, 0.1) is 20.8 Å². The third kappa shape index (κ3) is 2.99. The average Bonchev–Trinajstić information content (AvgIpc) is 2.17. The van der Waals surface area contributed by atoms with Crippen LogP contribution < -0.4 is 0 Å². The molecule has 0 bridgehead atoms. The fourth-order valence-corrected chi connectivity index (χ4v) is 1.85. The van der Waals surface area contributed by atoms with Crippen molar-refractivity contribution in [3.8, 4) is 5.75 Å². The summed E-state index contributed by atoms with van der Waals surface area (Å²) in [5.74, 6) is 0.393. The molecule has 0 aliphatic carbocycles. The molecule has 0 atom stereocenters. The highest BCUT2D eigenvalue weighted by Gasteiger charge is 2.15. The van der Waals surface area contributed by atoms with Gasteiger partial charge in [-0.2, -0.15) is 0 Å². The second-order valence-electron chi connectivity index (χ2n) is 5.26. The highest BCUT2D eigenvalue weighted by atomic mass is 16.3. The third-order valence-corrected chi connectivity index (χ3v) is 3.17. The molecule has 0 unspecified atom stereocenters.